The lowest BCUT2D eigenvalue weighted by molar-refractivity contribution is -0.135. The van der Waals surface area contributed by atoms with Crippen LogP contribution in [0.2, 0.25) is 0 Å². The first-order valence-corrected chi connectivity index (χ1v) is 8.76. The zero-order chi connectivity index (χ0) is 18.4. The molecule has 3 atom stereocenters. The number of amidine groups is 1. The number of esters is 1. The van der Waals surface area contributed by atoms with E-state index in [1.165, 1.54) is 7.11 Å². The predicted molar refractivity (Wildman–Crippen MR) is 96.6 cm³/mol. The minimum atomic E-state index is -0.783. The number of ether oxygens (including phenoxy) is 1. The van der Waals surface area contributed by atoms with Gasteiger partial charge in [0.15, 0.2) is 5.84 Å². The number of carbonyl (C=O) groups is 2. The van der Waals surface area contributed by atoms with Crippen LogP contribution in [0.5, 0.6) is 0 Å². The van der Waals surface area contributed by atoms with Crippen molar-refractivity contribution < 1.29 is 14.3 Å². The van der Waals surface area contributed by atoms with Crippen molar-refractivity contribution in [1.29, 1.82) is 0 Å². The molecule has 0 saturated heterocycles. The van der Waals surface area contributed by atoms with Crippen molar-refractivity contribution in [3.63, 3.8) is 0 Å². The Bertz CT molecular complexity index is 745. The average Bonchev–Trinajstić information content (AvgIpc) is 2.89. The van der Waals surface area contributed by atoms with Crippen molar-refractivity contribution in [1.82, 2.24) is 5.32 Å². The third kappa shape index (κ3) is 2.94. The maximum atomic E-state index is 12.4. The molecule has 0 bridgehead atoms. The molecule has 0 radical (unpaired) electrons. The van der Waals surface area contributed by atoms with Gasteiger partial charge < -0.3 is 10.1 Å². The first-order chi connectivity index (χ1) is 11.8. The fourth-order valence-electron chi connectivity index (χ4n) is 3.33. The smallest absolute Gasteiger partial charge is 0.340 e. The van der Waals surface area contributed by atoms with Gasteiger partial charge in [0.25, 0.3) is 5.91 Å². The molecule has 1 aliphatic carbocycles. The highest BCUT2D eigenvalue weighted by molar-refractivity contribution is 6.55. The van der Waals surface area contributed by atoms with Gasteiger partial charge >= 0.3 is 5.97 Å². The molecule has 2 aliphatic heterocycles. The van der Waals surface area contributed by atoms with Crippen LogP contribution in [0.15, 0.2) is 33.3 Å². The summed E-state index contributed by atoms with van der Waals surface area (Å²) in [7, 11) is 1.34. The second-order valence-corrected chi connectivity index (χ2v) is 7.57. The van der Waals surface area contributed by atoms with E-state index in [9.17, 15) is 9.59 Å². The number of nitrogens with zero attached hydrogens (tertiary/aromatic N) is 2. The van der Waals surface area contributed by atoms with Crippen molar-refractivity contribution >= 4 is 23.4 Å². The summed E-state index contributed by atoms with van der Waals surface area (Å²) >= 11 is 0. The highest BCUT2D eigenvalue weighted by Gasteiger charge is 2.45. The van der Waals surface area contributed by atoms with E-state index < -0.39 is 11.5 Å². The van der Waals surface area contributed by atoms with Crippen LogP contribution in [0.4, 0.5) is 0 Å². The Kier molecular flexibility index (Phi) is 4.39. The predicted octanol–water partition coefficient (Wildman–Crippen LogP) is 2.21. The van der Waals surface area contributed by atoms with E-state index in [-0.39, 0.29) is 17.9 Å². The fourth-order valence-corrected chi connectivity index (χ4v) is 3.33. The molecule has 6 nitrogen and oxygen atoms in total. The van der Waals surface area contributed by atoms with Gasteiger partial charge in [-0.2, -0.15) is 4.99 Å². The number of dihydropyridines is 1. The van der Waals surface area contributed by atoms with Crippen LogP contribution in [0.25, 0.3) is 0 Å². The number of aliphatic imine (C=N–C) groups is 2. The number of carbonyl (C=O) groups excluding carboxylic acids is 2. The van der Waals surface area contributed by atoms with E-state index in [0.29, 0.717) is 23.0 Å². The Labute approximate surface area is 148 Å². The second-order valence-electron chi connectivity index (χ2n) is 7.57. The van der Waals surface area contributed by atoms with Gasteiger partial charge in [-0.15, -0.1) is 0 Å². The Hall–Kier alpha value is -2.24. The highest BCUT2D eigenvalue weighted by atomic mass is 16.5. The molecule has 25 heavy (non-hydrogen) atoms. The fraction of sp³-hybridized carbons (Fsp3) is 0.579. The van der Waals surface area contributed by atoms with Gasteiger partial charge in [-0.25, -0.2) is 4.79 Å². The Balaban J connectivity index is 2.01. The molecule has 0 spiro atoms. The lowest BCUT2D eigenvalue weighted by Gasteiger charge is -2.30. The number of hydrogen-bond acceptors (Lipinski definition) is 5. The molecule has 1 N–H and O–H groups in total. The zero-order valence-electron chi connectivity index (χ0n) is 15.4. The van der Waals surface area contributed by atoms with E-state index in [4.69, 9.17) is 9.73 Å². The molecule has 1 amide bonds. The largest absolute Gasteiger partial charge is 0.465 e. The first kappa shape index (κ1) is 17.6. The number of rotatable bonds is 3. The molecule has 0 aromatic heterocycles. The number of methoxy groups -OCH3 is 1. The number of nitrogens with one attached hydrogen (secondary N) is 1. The summed E-state index contributed by atoms with van der Waals surface area (Å²) in [5, 5.41) is 3.20. The van der Waals surface area contributed by atoms with Crippen LogP contribution < -0.4 is 5.32 Å². The third-order valence-corrected chi connectivity index (χ3v) is 5.44. The van der Waals surface area contributed by atoms with Crippen LogP contribution in [-0.2, 0) is 14.3 Å². The zero-order valence-corrected chi connectivity index (χ0v) is 15.4. The topological polar surface area (TPSA) is 80.1 Å². The van der Waals surface area contributed by atoms with E-state index in [0.717, 1.165) is 18.4 Å². The summed E-state index contributed by atoms with van der Waals surface area (Å²) in [5.41, 5.74) is 1.04. The van der Waals surface area contributed by atoms with Crippen molar-refractivity contribution in [3.05, 3.63) is 23.3 Å². The van der Waals surface area contributed by atoms with Crippen LogP contribution in [-0.4, -0.2) is 42.1 Å². The molecule has 3 aliphatic rings. The first-order valence-electron chi connectivity index (χ1n) is 8.76. The summed E-state index contributed by atoms with van der Waals surface area (Å²) in [6, 6.07) is -0.00216. The van der Waals surface area contributed by atoms with E-state index in [1.807, 2.05) is 26.8 Å². The highest BCUT2D eigenvalue weighted by Crippen LogP contribution is 2.32. The minimum absolute atomic E-state index is 0.00216. The standard InChI is InChI=1S/C19H25N3O3/c1-10(2)19(4)18(24)21-16(22-19)15-13(17(23)25-5)9-12-7-6-11(3)8-14(12)20-15/h7,9-11,14H,6,8H2,1-5H3,(H,21,22,24). The molecule has 0 fully saturated rings. The summed E-state index contributed by atoms with van der Waals surface area (Å²) in [6.45, 7) is 7.95. The molecule has 3 unspecified atom stereocenters. The maximum absolute atomic E-state index is 12.4. The Morgan fingerprint density at radius 3 is 2.76 bits per heavy atom. The van der Waals surface area contributed by atoms with Crippen molar-refractivity contribution in [3.8, 4) is 0 Å². The number of hydrogen-bond donors (Lipinski definition) is 1. The summed E-state index contributed by atoms with van der Waals surface area (Å²) in [5.74, 6) is 0.263. The van der Waals surface area contributed by atoms with Gasteiger partial charge in [0, 0.05) is 0 Å². The normalized spacial score (nSPS) is 31.5. The maximum Gasteiger partial charge on any atom is 0.340 e. The molecular weight excluding hydrogens is 318 g/mol. The Morgan fingerprint density at radius 1 is 1.44 bits per heavy atom. The number of allylic oxidation sites excluding steroid dienone is 1. The second kappa shape index (κ2) is 6.24. The van der Waals surface area contributed by atoms with Crippen LogP contribution in [0.1, 0.15) is 40.5 Å². The van der Waals surface area contributed by atoms with Gasteiger partial charge in [-0.3, -0.25) is 9.79 Å². The van der Waals surface area contributed by atoms with Crippen molar-refractivity contribution in [2.24, 2.45) is 21.8 Å². The van der Waals surface area contributed by atoms with E-state index in [2.05, 4.69) is 23.3 Å². The summed E-state index contributed by atoms with van der Waals surface area (Å²) in [4.78, 5) is 33.7. The summed E-state index contributed by atoms with van der Waals surface area (Å²) < 4.78 is 4.92. The molecule has 134 valence electrons. The number of fused-ring (bicyclic) bond motifs is 1. The van der Waals surface area contributed by atoms with Crippen LogP contribution in [0.3, 0.4) is 0 Å². The Morgan fingerprint density at radius 2 is 2.16 bits per heavy atom. The molecule has 6 heteroatoms. The van der Waals surface area contributed by atoms with Crippen LogP contribution in [0, 0.1) is 11.8 Å². The monoisotopic (exact) mass is 343 g/mol. The summed E-state index contributed by atoms with van der Waals surface area (Å²) in [6.07, 6.45) is 5.87. The van der Waals surface area contributed by atoms with Gasteiger partial charge in [0.2, 0.25) is 0 Å². The molecular formula is C19H25N3O3. The van der Waals surface area contributed by atoms with Crippen LogP contribution >= 0.6 is 0 Å². The van der Waals surface area contributed by atoms with Gasteiger partial charge in [0.05, 0.1) is 18.7 Å². The quantitative estimate of drug-likeness (QED) is 0.797. The van der Waals surface area contributed by atoms with Gasteiger partial charge in [-0.1, -0.05) is 26.8 Å². The lowest BCUT2D eigenvalue weighted by atomic mass is 9.83. The lowest BCUT2D eigenvalue weighted by Crippen LogP contribution is -2.52. The SMILES string of the molecule is COC(=O)C1=CC2=CCC(C)CC2N=C1C1=NC(=O)C(C)(C(C)C)N1. The average molecular weight is 343 g/mol. The van der Waals surface area contributed by atoms with E-state index in [1.54, 1.807) is 0 Å². The minimum Gasteiger partial charge on any atom is -0.465 e. The van der Waals surface area contributed by atoms with Gasteiger partial charge in [0.1, 0.15) is 11.3 Å². The third-order valence-electron chi connectivity index (χ3n) is 5.44. The molecule has 0 aromatic rings. The van der Waals surface area contributed by atoms with Crippen molar-refractivity contribution in [2.75, 3.05) is 7.11 Å². The number of amides is 1. The molecule has 0 saturated carbocycles. The van der Waals surface area contributed by atoms with Crippen molar-refractivity contribution in [2.45, 2.75) is 52.1 Å². The molecule has 2 heterocycles. The van der Waals surface area contributed by atoms with E-state index >= 15 is 0 Å². The molecule has 3 rings (SSSR count). The molecule has 0 aromatic carbocycles. The van der Waals surface area contributed by atoms with Gasteiger partial charge in [-0.05, 0) is 43.3 Å².